The van der Waals surface area contributed by atoms with Gasteiger partial charge in [0.05, 0.1) is 23.3 Å². The molecule has 0 fully saturated rings. The number of carbonyl (C=O) groups excluding carboxylic acids is 2. The highest BCUT2D eigenvalue weighted by Crippen LogP contribution is 2.22. The summed E-state index contributed by atoms with van der Waals surface area (Å²) >= 11 is 0. The quantitative estimate of drug-likeness (QED) is 0.279. The van der Waals surface area contributed by atoms with Crippen molar-refractivity contribution in [1.29, 1.82) is 0 Å². The molecule has 0 bridgehead atoms. The number of carbonyl (C=O) groups is 2. The minimum Gasteiger partial charge on any atom is -0.326 e. The first kappa shape index (κ1) is 23.7. The van der Waals surface area contributed by atoms with Crippen LogP contribution in [0.1, 0.15) is 32.9 Å². The van der Waals surface area contributed by atoms with E-state index in [0.717, 1.165) is 35.0 Å². The van der Waals surface area contributed by atoms with Gasteiger partial charge in [-0.2, -0.15) is 5.10 Å². The maximum Gasteiger partial charge on any atom is 0.228 e. The van der Waals surface area contributed by atoms with E-state index in [0.29, 0.717) is 22.3 Å². The van der Waals surface area contributed by atoms with Crippen LogP contribution < -0.4 is 5.32 Å². The zero-order valence-electron chi connectivity index (χ0n) is 19.4. The van der Waals surface area contributed by atoms with E-state index in [1.54, 1.807) is 42.6 Å². The number of aromatic nitrogens is 3. The van der Waals surface area contributed by atoms with Gasteiger partial charge in [0.1, 0.15) is 11.6 Å². The predicted octanol–water partition coefficient (Wildman–Crippen LogP) is 5.82. The number of nitrogens with zero attached hydrogens (tertiary/aromatic N) is 2. The van der Waals surface area contributed by atoms with Crippen molar-refractivity contribution in [3.05, 3.63) is 125 Å². The van der Waals surface area contributed by atoms with Gasteiger partial charge in [-0.15, -0.1) is 0 Å². The van der Waals surface area contributed by atoms with Crippen LogP contribution in [-0.2, 0) is 11.2 Å². The third-order valence-electron chi connectivity index (χ3n) is 5.65. The van der Waals surface area contributed by atoms with Gasteiger partial charge in [0.25, 0.3) is 0 Å². The van der Waals surface area contributed by atoms with Crippen LogP contribution >= 0.6 is 0 Å². The van der Waals surface area contributed by atoms with Gasteiger partial charge in [-0.05, 0) is 66.2 Å². The molecule has 0 radical (unpaired) electrons. The number of amides is 1. The predicted molar refractivity (Wildman–Crippen MR) is 138 cm³/mol. The number of hydrogen-bond donors (Lipinski definition) is 2. The smallest absolute Gasteiger partial charge is 0.228 e. The lowest BCUT2D eigenvalue weighted by Crippen LogP contribution is -2.15. The number of benzene rings is 3. The van der Waals surface area contributed by atoms with Gasteiger partial charge in [-0.25, -0.2) is 8.78 Å². The van der Waals surface area contributed by atoms with Crippen LogP contribution in [0.25, 0.3) is 23.1 Å². The number of halogens is 2. The minimum absolute atomic E-state index is 0.208. The van der Waals surface area contributed by atoms with Crippen LogP contribution in [0.5, 0.6) is 0 Å². The fraction of sp³-hybridized carbons (Fsp3) is 0.0345. The van der Waals surface area contributed by atoms with Crippen LogP contribution in [0, 0.1) is 11.6 Å². The lowest BCUT2D eigenvalue weighted by atomic mass is 10.0. The number of nitrogens with one attached hydrogen (secondary N) is 2. The van der Waals surface area contributed by atoms with E-state index < -0.39 is 17.5 Å². The van der Waals surface area contributed by atoms with Crippen molar-refractivity contribution in [2.45, 2.75) is 6.42 Å². The number of fused-ring (bicyclic) bond motifs is 1. The highest BCUT2D eigenvalue weighted by atomic mass is 19.1. The Labute approximate surface area is 210 Å². The molecule has 0 saturated heterocycles. The standard InChI is InChI=1S/C29H20F2N4O2/c30-21-12-18(13-22(31)17-21)14-28(36)33-24-6-3-4-19(15-24)29(37)20-7-9-25-26(34-35-27(25)16-20)10-8-23-5-1-2-11-32-23/h1-13,15-17H,14H2,(H,33,36)(H,34,35). The SMILES string of the molecule is O=C(Cc1cc(F)cc(F)c1)Nc1cccc(C(=O)c2ccc3c(C=Cc4ccccn4)n[nH]c3c2)c1. The Morgan fingerprint density at radius 2 is 1.68 bits per heavy atom. The number of ketones is 1. The third kappa shape index (κ3) is 5.65. The van der Waals surface area contributed by atoms with Gasteiger partial charge in [0.2, 0.25) is 5.91 Å². The van der Waals surface area contributed by atoms with Crippen molar-refractivity contribution >= 4 is 40.4 Å². The fourth-order valence-electron chi connectivity index (χ4n) is 3.96. The van der Waals surface area contributed by atoms with Crippen LogP contribution in [0.3, 0.4) is 0 Å². The average molecular weight is 495 g/mol. The fourth-order valence-corrected chi connectivity index (χ4v) is 3.96. The Morgan fingerprint density at radius 1 is 0.865 bits per heavy atom. The molecule has 1 amide bonds. The number of pyridine rings is 1. The Balaban J connectivity index is 1.31. The normalized spacial score (nSPS) is 11.2. The number of hydrogen-bond acceptors (Lipinski definition) is 4. The lowest BCUT2D eigenvalue weighted by Gasteiger charge is -2.08. The van der Waals surface area contributed by atoms with Gasteiger partial charge in [-0.1, -0.05) is 24.3 Å². The second kappa shape index (κ2) is 10.3. The van der Waals surface area contributed by atoms with E-state index in [2.05, 4.69) is 20.5 Å². The highest BCUT2D eigenvalue weighted by Gasteiger charge is 2.14. The molecule has 0 aliphatic rings. The van der Waals surface area contributed by atoms with Gasteiger partial charge in [-0.3, -0.25) is 19.7 Å². The van der Waals surface area contributed by atoms with Crippen LogP contribution in [0.15, 0.2) is 85.1 Å². The van der Waals surface area contributed by atoms with E-state index in [4.69, 9.17) is 0 Å². The van der Waals surface area contributed by atoms with E-state index in [9.17, 15) is 18.4 Å². The third-order valence-corrected chi connectivity index (χ3v) is 5.65. The molecule has 5 rings (SSSR count). The monoisotopic (exact) mass is 494 g/mol. The topological polar surface area (TPSA) is 87.7 Å². The van der Waals surface area contributed by atoms with Crippen molar-refractivity contribution in [2.24, 2.45) is 0 Å². The molecule has 0 saturated carbocycles. The molecule has 5 aromatic rings. The average Bonchev–Trinajstić information content (AvgIpc) is 3.29. The second-order valence-electron chi connectivity index (χ2n) is 8.37. The summed E-state index contributed by atoms with van der Waals surface area (Å²) in [7, 11) is 0. The lowest BCUT2D eigenvalue weighted by molar-refractivity contribution is -0.115. The Hall–Kier alpha value is -4.98. The molecule has 0 aliphatic heterocycles. The van der Waals surface area contributed by atoms with Gasteiger partial charge >= 0.3 is 0 Å². The molecule has 37 heavy (non-hydrogen) atoms. The highest BCUT2D eigenvalue weighted by molar-refractivity contribution is 6.11. The molecule has 6 nitrogen and oxygen atoms in total. The maximum absolute atomic E-state index is 13.4. The first-order valence-corrected chi connectivity index (χ1v) is 11.4. The summed E-state index contributed by atoms with van der Waals surface area (Å²) in [5.74, 6) is -2.19. The Kier molecular flexibility index (Phi) is 6.63. The largest absolute Gasteiger partial charge is 0.326 e. The number of anilines is 1. The maximum atomic E-state index is 13.4. The first-order chi connectivity index (χ1) is 17.9. The Morgan fingerprint density at radius 3 is 2.46 bits per heavy atom. The van der Waals surface area contributed by atoms with Gasteiger partial charge in [0.15, 0.2) is 5.78 Å². The molecule has 0 atom stereocenters. The van der Waals surface area contributed by atoms with Crippen LogP contribution in [0.2, 0.25) is 0 Å². The molecule has 182 valence electrons. The van der Waals surface area contributed by atoms with Crippen LogP contribution in [0.4, 0.5) is 14.5 Å². The molecule has 0 unspecified atom stereocenters. The number of H-pyrrole nitrogens is 1. The van der Waals surface area contributed by atoms with Gasteiger partial charge in [0, 0.05) is 34.5 Å². The van der Waals surface area contributed by atoms with Crippen molar-refractivity contribution in [2.75, 3.05) is 5.32 Å². The van der Waals surface area contributed by atoms with Crippen molar-refractivity contribution in [1.82, 2.24) is 15.2 Å². The first-order valence-electron chi connectivity index (χ1n) is 11.4. The van der Waals surface area contributed by atoms with Crippen molar-refractivity contribution < 1.29 is 18.4 Å². The van der Waals surface area contributed by atoms with Crippen molar-refractivity contribution in [3.63, 3.8) is 0 Å². The van der Waals surface area contributed by atoms with E-state index in [1.807, 2.05) is 36.4 Å². The number of aromatic amines is 1. The summed E-state index contributed by atoms with van der Waals surface area (Å²) in [4.78, 5) is 29.8. The molecule has 3 aromatic carbocycles. The number of rotatable bonds is 7. The van der Waals surface area contributed by atoms with Gasteiger partial charge < -0.3 is 5.32 Å². The van der Waals surface area contributed by atoms with E-state index in [-0.39, 0.29) is 17.8 Å². The molecule has 0 spiro atoms. The van der Waals surface area contributed by atoms with Crippen LogP contribution in [-0.4, -0.2) is 26.9 Å². The summed E-state index contributed by atoms with van der Waals surface area (Å²) < 4.78 is 26.8. The summed E-state index contributed by atoms with van der Waals surface area (Å²) in [5.41, 5.74) is 3.68. The Bertz CT molecular complexity index is 1620. The zero-order valence-corrected chi connectivity index (χ0v) is 19.4. The summed E-state index contributed by atoms with van der Waals surface area (Å²) in [5, 5.41) is 10.8. The van der Waals surface area contributed by atoms with E-state index in [1.165, 1.54) is 0 Å². The zero-order chi connectivity index (χ0) is 25.8. The summed E-state index contributed by atoms with van der Waals surface area (Å²) in [6.07, 6.45) is 5.22. The second-order valence-corrected chi connectivity index (χ2v) is 8.37. The minimum atomic E-state index is -0.749. The molecule has 2 heterocycles. The molecule has 2 N–H and O–H groups in total. The summed E-state index contributed by atoms with van der Waals surface area (Å²) in [6, 6.07) is 20.4. The molecule has 8 heteroatoms. The molecular weight excluding hydrogens is 474 g/mol. The van der Waals surface area contributed by atoms with Crippen molar-refractivity contribution in [3.8, 4) is 0 Å². The summed E-state index contributed by atoms with van der Waals surface area (Å²) in [6.45, 7) is 0. The molecule has 0 aliphatic carbocycles. The van der Waals surface area contributed by atoms with E-state index >= 15 is 0 Å². The molecular formula is C29H20F2N4O2. The molecule has 2 aromatic heterocycles.